The fourth-order valence-corrected chi connectivity index (χ4v) is 2.75. The highest BCUT2D eigenvalue weighted by Crippen LogP contribution is 2.30. The van der Waals surface area contributed by atoms with Crippen molar-refractivity contribution in [2.24, 2.45) is 11.8 Å². The molecule has 5 heteroatoms. The predicted octanol–water partition coefficient (Wildman–Crippen LogP) is 3.18. The Labute approximate surface area is 121 Å². The number of carbonyl (C=O) groups excluding carboxylic acids is 1. The maximum absolute atomic E-state index is 11.7. The first kappa shape index (κ1) is 16.8. The quantitative estimate of drug-likeness (QED) is 0.778. The molecule has 0 radical (unpaired) electrons. The van der Waals surface area contributed by atoms with E-state index in [4.69, 9.17) is 9.84 Å². The van der Waals surface area contributed by atoms with E-state index in [1.54, 1.807) is 0 Å². The molecule has 0 spiro atoms. The number of nitrogens with one attached hydrogen (secondary N) is 1. The van der Waals surface area contributed by atoms with Crippen LogP contribution in [0.5, 0.6) is 0 Å². The molecule has 0 saturated heterocycles. The Hall–Kier alpha value is -1.26. The second kappa shape index (κ2) is 7.50. The van der Waals surface area contributed by atoms with Gasteiger partial charge in [-0.15, -0.1) is 0 Å². The Kier molecular flexibility index (Phi) is 6.30. The molecule has 1 fully saturated rings. The van der Waals surface area contributed by atoms with E-state index < -0.39 is 17.7 Å². The molecular formula is C15H27NO4. The topological polar surface area (TPSA) is 75.6 Å². The van der Waals surface area contributed by atoms with E-state index in [9.17, 15) is 9.59 Å². The van der Waals surface area contributed by atoms with Gasteiger partial charge in [-0.1, -0.05) is 19.3 Å². The highest BCUT2D eigenvalue weighted by Gasteiger charge is 2.26. The van der Waals surface area contributed by atoms with Crippen molar-refractivity contribution in [3.63, 3.8) is 0 Å². The number of amides is 1. The van der Waals surface area contributed by atoms with E-state index in [0.29, 0.717) is 6.54 Å². The second-order valence-electron chi connectivity index (χ2n) is 6.64. The summed E-state index contributed by atoms with van der Waals surface area (Å²) in [5.74, 6) is -0.356. The number of aliphatic carboxylic acids is 1. The van der Waals surface area contributed by atoms with Crippen molar-refractivity contribution in [3.05, 3.63) is 0 Å². The lowest BCUT2D eigenvalue weighted by atomic mass is 9.85. The zero-order chi connectivity index (χ0) is 15.2. The number of hydrogen-bond donors (Lipinski definition) is 2. The number of carboxylic acids is 1. The summed E-state index contributed by atoms with van der Waals surface area (Å²) in [6.45, 7) is 5.98. The molecule has 0 heterocycles. The Bertz CT molecular complexity index is 335. The van der Waals surface area contributed by atoms with E-state index in [0.717, 1.165) is 32.1 Å². The average molecular weight is 285 g/mol. The minimum atomic E-state index is -0.751. The summed E-state index contributed by atoms with van der Waals surface area (Å²) in [6, 6.07) is 0. The molecule has 1 amide bonds. The zero-order valence-corrected chi connectivity index (χ0v) is 12.8. The Morgan fingerprint density at radius 3 is 2.30 bits per heavy atom. The van der Waals surface area contributed by atoms with Gasteiger partial charge in [0.2, 0.25) is 0 Å². The van der Waals surface area contributed by atoms with Crippen LogP contribution in [0.3, 0.4) is 0 Å². The molecule has 2 N–H and O–H groups in total. The van der Waals surface area contributed by atoms with Crippen LogP contribution >= 0.6 is 0 Å². The van der Waals surface area contributed by atoms with Crippen LogP contribution in [0.2, 0.25) is 0 Å². The van der Waals surface area contributed by atoms with Gasteiger partial charge < -0.3 is 15.2 Å². The number of carboxylic acid groups (broad SMARTS) is 1. The first-order valence-electron chi connectivity index (χ1n) is 7.46. The van der Waals surface area contributed by atoms with Crippen molar-refractivity contribution in [3.8, 4) is 0 Å². The molecule has 2 atom stereocenters. The van der Waals surface area contributed by atoms with Gasteiger partial charge in [0.15, 0.2) is 0 Å². The summed E-state index contributed by atoms with van der Waals surface area (Å²) >= 11 is 0. The molecule has 1 saturated carbocycles. The smallest absolute Gasteiger partial charge is 0.407 e. The van der Waals surface area contributed by atoms with Crippen LogP contribution in [0.1, 0.15) is 59.3 Å². The van der Waals surface area contributed by atoms with Gasteiger partial charge in [0.05, 0.1) is 0 Å². The fourth-order valence-electron chi connectivity index (χ4n) is 2.75. The fraction of sp³-hybridized carbons (Fsp3) is 0.867. The van der Waals surface area contributed by atoms with Crippen LogP contribution in [0.25, 0.3) is 0 Å². The molecule has 20 heavy (non-hydrogen) atoms. The molecule has 0 aromatic rings. The number of ether oxygens (including phenoxy) is 1. The zero-order valence-electron chi connectivity index (χ0n) is 12.8. The van der Waals surface area contributed by atoms with E-state index in [-0.39, 0.29) is 18.3 Å². The molecule has 116 valence electrons. The van der Waals surface area contributed by atoms with E-state index in [2.05, 4.69) is 5.32 Å². The van der Waals surface area contributed by atoms with Crippen LogP contribution in [-0.2, 0) is 9.53 Å². The number of rotatable bonds is 4. The lowest BCUT2D eigenvalue weighted by Crippen LogP contribution is -2.37. The molecule has 0 aromatic carbocycles. The lowest BCUT2D eigenvalue weighted by Gasteiger charge is -2.25. The third kappa shape index (κ3) is 6.78. The largest absolute Gasteiger partial charge is 0.481 e. The molecule has 0 bridgehead atoms. The summed E-state index contributed by atoms with van der Waals surface area (Å²) in [5, 5.41) is 11.8. The summed E-state index contributed by atoms with van der Waals surface area (Å²) in [4.78, 5) is 22.6. The predicted molar refractivity (Wildman–Crippen MR) is 76.6 cm³/mol. The van der Waals surface area contributed by atoms with E-state index >= 15 is 0 Å². The molecular weight excluding hydrogens is 258 g/mol. The maximum atomic E-state index is 11.7. The number of carbonyl (C=O) groups is 2. The van der Waals surface area contributed by atoms with Crippen LogP contribution in [0.4, 0.5) is 4.79 Å². The van der Waals surface area contributed by atoms with Gasteiger partial charge in [0, 0.05) is 13.0 Å². The van der Waals surface area contributed by atoms with Crippen molar-refractivity contribution in [1.82, 2.24) is 5.32 Å². The summed E-state index contributed by atoms with van der Waals surface area (Å²) in [6.07, 6.45) is 5.04. The highest BCUT2D eigenvalue weighted by atomic mass is 16.6. The molecule has 1 aliphatic carbocycles. The van der Waals surface area contributed by atoms with Gasteiger partial charge in [-0.25, -0.2) is 4.79 Å². The normalized spacial score (nSPS) is 23.8. The third-order valence-electron chi connectivity index (χ3n) is 3.66. The van der Waals surface area contributed by atoms with Gasteiger partial charge in [-0.05, 0) is 45.4 Å². The first-order chi connectivity index (χ1) is 9.28. The standard InChI is InChI=1S/C15H27NO4/c1-15(2,3)20-14(19)16-10-12-8-6-4-5-7-11(12)9-13(17)18/h11-12H,4-10H2,1-3H3,(H,16,19)(H,17,18)/t11-,12-/m0/s1. The van der Waals surface area contributed by atoms with Crippen molar-refractivity contribution in [2.75, 3.05) is 6.54 Å². The minimum absolute atomic E-state index is 0.157. The van der Waals surface area contributed by atoms with E-state index in [1.165, 1.54) is 0 Å². The van der Waals surface area contributed by atoms with Gasteiger partial charge >= 0.3 is 12.1 Å². The lowest BCUT2D eigenvalue weighted by molar-refractivity contribution is -0.138. The van der Waals surface area contributed by atoms with Crippen LogP contribution < -0.4 is 5.32 Å². The second-order valence-corrected chi connectivity index (χ2v) is 6.64. The summed E-state index contributed by atoms with van der Waals surface area (Å²) < 4.78 is 5.21. The monoisotopic (exact) mass is 285 g/mol. The molecule has 0 aromatic heterocycles. The van der Waals surface area contributed by atoms with Gasteiger partial charge in [-0.3, -0.25) is 4.79 Å². The first-order valence-corrected chi connectivity index (χ1v) is 7.46. The number of alkyl carbamates (subject to hydrolysis) is 1. The Morgan fingerprint density at radius 1 is 1.15 bits per heavy atom. The molecule has 1 aliphatic rings. The molecule has 1 rings (SSSR count). The average Bonchev–Trinajstić information content (AvgIpc) is 2.49. The SMILES string of the molecule is CC(C)(C)OC(=O)NC[C@@H]1CCCCC[C@H]1CC(=O)O. The molecule has 5 nitrogen and oxygen atoms in total. The third-order valence-corrected chi connectivity index (χ3v) is 3.66. The van der Waals surface area contributed by atoms with Crippen LogP contribution in [0, 0.1) is 11.8 Å². The Balaban J connectivity index is 2.48. The summed E-state index contributed by atoms with van der Waals surface area (Å²) in [7, 11) is 0. The van der Waals surface area contributed by atoms with Gasteiger partial charge in [-0.2, -0.15) is 0 Å². The van der Waals surface area contributed by atoms with Crippen molar-refractivity contribution in [1.29, 1.82) is 0 Å². The summed E-state index contributed by atoms with van der Waals surface area (Å²) in [5.41, 5.74) is -0.506. The van der Waals surface area contributed by atoms with Gasteiger partial charge in [0.1, 0.15) is 5.60 Å². The molecule has 0 unspecified atom stereocenters. The van der Waals surface area contributed by atoms with Gasteiger partial charge in [0.25, 0.3) is 0 Å². The number of hydrogen-bond acceptors (Lipinski definition) is 3. The van der Waals surface area contributed by atoms with Crippen molar-refractivity contribution >= 4 is 12.1 Å². The maximum Gasteiger partial charge on any atom is 0.407 e. The van der Waals surface area contributed by atoms with Crippen LogP contribution in [-0.4, -0.2) is 29.3 Å². The van der Waals surface area contributed by atoms with Crippen LogP contribution in [0.15, 0.2) is 0 Å². The highest BCUT2D eigenvalue weighted by molar-refractivity contribution is 5.68. The van der Waals surface area contributed by atoms with Crippen molar-refractivity contribution in [2.45, 2.75) is 64.9 Å². The molecule has 0 aliphatic heterocycles. The van der Waals surface area contributed by atoms with E-state index in [1.807, 2.05) is 20.8 Å². The minimum Gasteiger partial charge on any atom is -0.481 e. The Morgan fingerprint density at radius 2 is 1.75 bits per heavy atom. The van der Waals surface area contributed by atoms with Crippen molar-refractivity contribution < 1.29 is 19.4 Å².